The fourth-order valence-corrected chi connectivity index (χ4v) is 2.74. The molecular formula is C17H20N4O2. The first kappa shape index (κ1) is 15.3. The van der Waals surface area contributed by atoms with E-state index in [1.807, 2.05) is 31.2 Å². The van der Waals surface area contributed by atoms with Crippen LogP contribution in [0.15, 0.2) is 36.7 Å². The van der Waals surface area contributed by atoms with Crippen molar-refractivity contribution in [1.82, 2.24) is 14.7 Å². The number of aryl methyl sites for hydroxylation is 2. The number of hydrogen-bond donors (Lipinski definition) is 1. The summed E-state index contributed by atoms with van der Waals surface area (Å²) in [6.45, 7) is 3.04. The first-order valence-electron chi connectivity index (χ1n) is 7.64. The maximum Gasteiger partial charge on any atom is 0.229 e. The second kappa shape index (κ2) is 6.24. The summed E-state index contributed by atoms with van der Waals surface area (Å²) in [6, 6.07) is 8.10. The Morgan fingerprint density at radius 3 is 2.74 bits per heavy atom. The molecule has 6 nitrogen and oxygen atoms in total. The molecule has 0 aliphatic carbocycles. The van der Waals surface area contributed by atoms with E-state index in [2.05, 4.69) is 10.4 Å². The molecule has 2 amide bonds. The molecule has 1 unspecified atom stereocenters. The predicted octanol–water partition coefficient (Wildman–Crippen LogP) is 1.72. The number of carbonyl (C=O) groups excluding carboxylic acids is 2. The van der Waals surface area contributed by atoms with E-state index in [9.17, 15) is 9.59 Å². The minimum atomic E-state index is -0.312. The van der Waals surface area contributed by atoms with Crippen LogP contribution in [-0.4, -0.2) is 33.0 Å². The molecule has 23 heavy (non-hydrogen) atoms. The average Bonchev–Trinajstić information content (AvgIpc) is 3.08. The summed E-state index contributed by atoms with van der Waals surface area (Å²) in [5.74, 6) is -0.414. The zero-order chi connectivity index (χ0) is 16.4. The Labute approximate surface area is 135 Å². The molecule has 1 atom stereocenters. The zero-order valence-electron chi connectivity index (χ0n) is 13.3. The van der Waals surface area contributed by atoms with Gasteiger partial charge in [0.25, 0.3) is 0 Å². The predicted molar refractivity (Wildman–Crippen MR) is 86.5 cm³/mol. The van der Waals surface area contributed by atoms with Gasteiger partial charge in [-0.2, -0.15) is 5.10 Å². The zero-order valence-corrected chi connectivity index (χ0v) is 13.3. The number of rotatable bonds is 4. The molecule has 1 aromatic carbocycles. The van der Waals surface area contributed by atoms with Crippen LogP contribution in [0.25, 0.3) is 0 Å². The highest BCUT2D eigenvalue weighted by molar-refractivity contribution is 5.97. The standard InChI is InChI=1S/C17H20N4O2/c1-12-3-5-13(6-4-12)9-21-10-14(7-16(21)22)17(23)19-15-8-18-20(2)11-15/h3-6,8,11,14H,7,9-10H2,1-2H3,(H,19,23). The van der Waals surface area contributed by atoms with Gasteiger partial charge in [-0.3, -0.25) is 14.3 Å². The minimum Gasteiger partial charge on any atom is -0.338 e. The van der Waals surface area contributed by atoms with E-state index < -0.39 is 0 Å². The van der Waals surface area contributed by atoms with Crippen LogP contribution in [0.4, 0.5) is 5.69 Å². The first-order chi connectivity index (χ1) is 11.0. The maximum atomic E-state index is 12.3. The second-order valence-electron chi connectivity index (χ2n) is 6.05. The van der Waals surface area contributed by atoms with E-state index in [0.29, 0.717) is 18.8 Å². The molecule has 2 aromatic rings. The number of anilines is 1. The van der Waals surface area contributed by atoms with E-state index in [0.717, 1.165) is 5.56 Å². The number of nitrogens with zero attached hydrogens (tertiary/aromatic N) is 3. The summed E-state index contributed by atoms with van der Waals surface area (Å²) in [5.41, 5.74) is 2.93. The summed E-state index contributed by atoms with van der Waals surface area (Å²) in [5, 5.41) is 6.83. The Morgan fingerprint density at radius 2 is 2.09 bits per heavy atom. The van der Waals surface area contributed by atoms with Crippen molar-refractivity contribution < 1.29 is 9.59 Å². The maximum absolute atomic E-state index is 12.3. The van der Waals surface area contributed by atoms with Crippen LogP contribution >= 0.6 is 0 Å². The number of carbonyl (C=O) groups is 2. The van der Waals surface area contributed by atoms with Gasteiger partial charge in [0.2, 0.25) is 11.8 Å². The van der Waals surface area contributed by atoms with Gasteiger partial charge in [0.05, 0.1) is 17.8 Å². The van der Waals surface area contributed by atoms with Gasteiger partial charge in [-0.1, -0.05) is 29.8 Å². The monoisotopic (exact) mass is 312 g/mol. The third kappa shape index (κ3) is 3.59. The van der Waals surface area contributed by atoms with Crippen molar-refractivity contribution in [3.05, 3.63) is 47.8 Å². The highest BCUT2D eigenvalue weighted by Gasteiger charge is 2.34. The van der Waals surface area contributed by atoms with Gasteiger partial charge in [-0.25, -0.2) is 0 Å². The summed E-state index contributed by atoms with van der Waals surface area (Å²) >= 11 is 0. The highest BCUT2D eigenvalue weighted by atomic mass is 16.2. The normalized spacial score (nSPS) is 17.6. The SMILES string of the molecule is Cc1ccc(CN2CC(C(=O)Nc3cnn(C)c3)CC2=O)cc1. The Balaban J connectivity index is 1.60. The molecule has 0 saturated carbocycles. The molecule has 1 aromatic heterocycles. The van der Waals surface area contributed by atoms with Gasteiger partial charge >= 0.3 is 0 Å². The molecule has 1 N–H and O–H groups in total. The molecule has 2 heterocycles. The molecule has 3 rings (SSSR count). The number of nitrogens with one attached hydrogen (secondary N) is 1. The Kier molecular flexibility index (Phi) is 4.14. The quantitative estimate of drug-likeness (QED) is 0.934. The van der Waals surface area contributed by atoms with Gasteiger partial charge in [-0.05, 0) is 12.5 Å². The van der Waals surface area contributed by atoms with Crippen LogP contribution in [0, 0.1) is 12.8 Å². The fourth-order valence-electron chi connectivity index (χ4n) is 2.74. The number of aromatic nitrogens is 2. The smallest absolute Gasteiger partial charge is 0.229 e. The molecular weight excluding hydrogens is 292 g/mol. The van der Waals surface area contributed by atoms with Crippen molar-refractivity contribution in [2.75, 3.05) is 11.9 Å². The van der Waals surface area contributed by atoms with Crippen molar-refractivity contribution in [2.24, 2.45) is 13.0 Å². The van der Waals surface area contributed by atoms with Crippen LogP contribution in [0.5, 0.6) is 0 Å². The van der Waals surface area contributed by atoms with E-state index in [1.54, 1.807) is 29.0 Å². The number of amides is 2. The van der Waals surface area contributed by atoms with Crippen LogP contribution in [0.2, 0.25) is 0 Å². The minimum absolute atomic E-state index is 0.0249. The van der Waals surface area contributed by atoms with Gasteiger partial charge in [0.1, 0.15) is 0 Å². The largest absolute Gasteiger partial charge is 0.338 e. The van der Waals surface area contributed by atoms with Crippen molar-refractivity contribution >= 4 is 17.5 Å². The Morgan fingerprint density at radius 1 is 1.35 bits per heavy atom. The van der Waals surface area contributed by atoms with Crippen LogP contribution < -0.4 is 5.32 Å². The van der Waals surface area contributed by atoms with E-state index >= 15 is 0 Å². The number of benzene rings is 1. The first-order valence-corrected chi connectivity index (χ1v) is 7.64. The summed E-state index contributed by atoms with van der Waals surface area (Å²) in [7, 11) is 1.79. The van der Waals surface area contributed by atoms with E-state index in [1.165, 1.54) is 5.56 Å². The van der Waals surface area contributed by atoms with E-state index in [4.69, 9.17) is 0 Å². The average molecular weight is 312 g/mol. The lowest BCUT2D eigenvalue weighted by Gasteiger charge is -2.16. The molecule has 1 saturated heterocycles. The molecule has 1 aliphatic rings. The topological polar surface area (TPSA) is 67.2 Å². The molecule has 6 heteroatoms. The molecule has 0 bridgehead atoms. The van der Waals surface area contributed by atoms with Crippen molar-refractivity contribution in [1.29, 1.82) is 0 Å². The lowest BCUT2D eigenvalue weighted by molar-refractivity contribution is -0.128. The van der Waals surface area contributed by atoms with Crippen molar-refractivity contribution in [3.63, 3.8) is 0 Å². The Bertz CT molecular complexity index is 720. The third-order valence-corrected chi connectivity index (χ3v) is 4.05. The van der Waals surface area contributed by atoms with Gasteiger partial charge in [0.15, 0.2) is 0 Å². The molecule has 1 fully saturated rings. The second-order valence-corrected chi connectivity index (χ2v) is 6.05. The lowest BCUT2D eigenvalue weighted by atomic mass is 10.1. The molecule has 1 aliphatic heterocycles. The Hall–Kier alpha value is -2.63. The number of likely N-dealkylation sites (tertiary alicyclic amines) is 1. The van der Waals surface area contributed by atoms with Crippen LogP contribution in [0.1, 0.15) is 17.5 Å². The van der Waals surface area contributed by atoms with Crippen molar-refractivity contribution in [3.8, 4) is 0 Å². The molecule has 0 spiro atoms. The summed E-state index contributed by atoms with van der Waals surface area (Å²) < 4.78 is 1.62. The lowest BCUT2D eigenvalue weighted by Crippen LogP contribution is -2.27. The van der Waals surface area contributed by atoms with E-state index in [-0.39, 0.29) is 24.2 Å². The third-order valence-electron chi connectivity index (χ3n) is 4.05. The summed E-state index contributed by atoms with van der Waals surface area (Å²) in [4.78, 5) is 26.2. The molecule has 0 radical (unpaired) electrons. The highest BCUT2D eigenvalue weighted by Crippen LogP contribution is 2.22. The fraction of sp³-hybridized carbons (Fsp3) is 0.353. The number of hydrogen-bond acceptors (Lipinski definition) is 3. The van der Waals surface area contributed by atoms with Crippen LogP contribution in [-0.2, 0) is 23.2 Å². The molecule has 120 valence electrons. The van der Waals surface area contributed by atoms with Gasteiger partial charge in [0, 0.05) is 32.8 Å². The summed E-state index contributed by atoms with van der Waals surface area (Å²) in [6.07, 6.45) is 3.59. The van der Waals surface area contributed by atoms with Gasteiger partial charge < -0.3 is 10.2 Å². The van der Waals surface area contributed by atoms with Crippen LogP contribution in [0.3, 0.4) is 0 Å². The van der Waals surface area contributed by atoms with Crippen molar-refractivity contribution in [2.45, 2.75) is 19.9 Å². The van der Waals surface area contributed by atoms with Gasteiger partial charge in [-0.15, -0.1) is 0 Å².